The molecule has 1 aromatic heterocycles. The van der Waals surface area contributed by atoms with Gasteiger partial charge in [-0.2, -0.15) is 5.26 Å². The molecule has 0 spiro atoms. The molecular formula is C9H11N3O2. The van der Waals surface area contributed by atoms with Crippen LogP contribution in [0.5, 0.6) is 0 Å². The smallest absolute Gasteiger partial charge is 0.308 e. The summed E-state index contributed by atoms with van der Waals surface area (Å²) in [6, 6.07) is 1.64. The maximum absolute atomic E-state index is 10.7. The van der Waals surface area contributed by atoms with Gasteiger partial charge in [0, 0.05) is 18.4 Å². The molecule has 1 rings (SSSR count). The molecule has 0 radical (unpaired) electrons. The molecule has 1 aromatic rings. The fraction of sp³-hybridized carbons (Fsp3) is 0.444. The van der Waals surface area contributed by atoms with E-state index in [0.717, 1.165) is 0 Å². The summed E-state index contributed by atoms with van der Waals surface area (Å²) >= 11 is 0. The van der Waals surface area contributed by atoms with Crippen molar-refractivity contribution < 1.29 is 9.90 Å². The van der Waals surface area contributed by atoms with Gasteiger partial charge in [-0.3, -0.25) is 4.79 Å². The maximum Gasteiger partial charge on any atom is 0.308 e. The largest absolute Gasteiger partial charge is 0.481 e. The number of aliphatic carboxylic acids is 1. The van der Waals surface area contributed by atoms with Gasteiger partial charge in [-0.25, -0.2) is 4.98 Å². The molecule has 0 saturated heterocycles. The molecule has 0 aliphatic heterocycles. The number of hydrogen-bond acceptors (Lipinski definition) is 3. The molecular weight excluding hydrogens is 182 g/mol. The first kappa shape index (κ1) is 10.3. The Morgan fingerprint density at radius 2 is 2.36 bits per heavy atom. The Labute approximate surface area is 81.6 Å². The molecule has 0 aliphatic rings. The molecule has 0 aliphatic carbocycles. The summed E-state index contributed by atoms with van der Waals surface area (Å²) < 4.78 is 1.57. The van der Waals surface area contributed by atoms with Gasteiger partial charge in [0.2, 0.25) is 5.82 Å². The molecule has 0 aromatic carbocycles. The molecule has 2 atom stereocenters. The third-order valence-corrected chi connectivity index (χ3v) is 2.32. The van der Waals surface area contributed by atoms with Crippen molar-refractivity contribution in [1.29, 1.82) is 5.26 Å². The van der Waals surface area contributed by atoms with Crippen molar-refractivity contribution in [3.8, 4) is 6.07 Å². The number of carboxylic acid groups (broad SMARTS) is 1. The second-order valence-corrected chi connectivity index (χ2v) is 3.14. The first-order valence-corrected chi connectivity index (χ1v) is 4.23. The van der Waals surface area contributed by atoms with Crippen LogP contribution in [-0.2, 0) is 4.79 Å². The minimum Gasteiger partial charge on any atom is -0.481 e. The number of nitrogens with zero attached hydrogens (tertiary/aromatic N) is 3. The summed E-state index contributed by atoms with van der Waals surface area (Å²) in [7, 11) is 0. The first-order valence-electron chi connectivity index (χ1n) is 4.23. The second kappa shape index (κ2) is 3.92. The highest BCUT2D eigenvalue weighted by Gasteiger charge is 2.22. The molecule has 0 amide bonds. The molecule has 5 nitrogen and oxygen atoms in total. The summed E-state index contributed by atoms with van der Waals surface area (Å²) in [4.78, 5) is 14.5. The van der Waals surface area contributed by atoms with Crippen LogP contribution in [0.2, 0.25) is 0 Å². The van der Waals surface area contributed by atoms with Gasteiger partial charge in [0.15, 0.2) is 0 Å². The van der Waals surface area contributed by atoms with E-state index in [1.807, 2.05) is 6.07 Å². The molecule has 0 saturated carbocycles. The second-order valence-electron chi connectivity index (χ2n) is 3.14. The van der Waals surface area contributed by atoms with E-state index in [1.54, 1.807) is 24.6 Å². The quantitative estimate of drug-likeness (QED) is 0.777. The van der Waals surface area contributed by atoms with Crippen LogP contribution in [0.1, 0.15) is 25.7 Å². The lowest BCUT2D eigenvalue weighted by molar-refractivity contribution is -0.142. The number of carboxylic acids is 1. The third kappa shape index (κ3) is 1.74. The average Bonchev–Trinajstić information content (AvgIpc) is 2.62. The predicted molar refractivity (Wildman–Crippen MR) is 48.5 cm³/mol. The first-order chi connectivity index (χ1) is 6.57. The average molecular weight is 193 g/mol. The van der Waals surface area contributed by atoms with Crippen LogP contribution >= 0.6 is 0 Å². The summed E-state index contributed by atoms with van der Waals surface area (Å²) in [6.45, 7) is 3.36. The maximum atomic E-state index is 10.7. The van der Waals surface area contributed by atoms with Crippen LogP contribution < -0.4 is 0 Å². The molecule has 74 valence electrons. The lowest BCUT2D eigenvalue weighted by Gasteiger charge is -2.17. The minimum absolute atomic E-state index is 0.241. The van der Waals surface area contributed by atoms with Crippen LogP contribution in [0.3, 0.4) is 0 Å². The molecule has 2 unspecified atom stereocenters. The van der Waals surface area contributed by atoms with Gasteiger partial charge in [0.05, 0.1) is 5.92 Å². The van der Waals surface area contributed by atoms with Crippen molar-refractivity contribution in [2.45, 2.75) is 19.9 Å². The van der Waals surface area contributed by atoms with Gasteiger partial charge >= 0.3 is 5.97 Å². The Morgan fingerprint density at radius 3 is 2.86 bits per heavy atom. The van der Waals surface area contributed by atoms with Crippen LogP contribution in [0.25, 0.3) is 0 Å². The van der Waals surface area contributed by atoms with E-state index in [9.17, 15) is 4.79 Å². The molecule has 0 bridgehead atoms. The zero-order chi connectivity index (χ0) is 10.7. The number of rotatable bonds is 3. The van der Waals surface area contributed by atoms with Gasteiger partial charge in [-0.15, -0.1) is 0 Å². The van der Waals surface area contributed by atoms with E-state index >= 15 is 0 Å². The standard InChI is InChI=1S/C9H11N3O2/c1-6(9(13)14)7(2)12-4-3-11-8(12)5-10/h3-4,6-7H,1-2H3,(H,13,14). The summed E-state index contributed by atoms with van der Waals surface area (Å²) in [5.41, 5.74) is 0. The Kier molecular flexibility index (Phi) is 2.87. The van der Waals surface area contributed by atoms with E-state index < -0.39 is 11.9 Å². The van der Waals surface area contributed by atoms with Crippen LogP contribution in [0.15, 0.2) is 12.4 Å². The fourth-order valence-electron chi connectivity index (χ4n) is 1.18. The van der Waals surface area contributed by atoms with Gasteiger partial charge in [0.25, 0.3) is 0 Å². The Hall–Kier alpha value is -1.83. The summed E-state index contributed by atoms with van der Waals surface area (Å²) in [5, 5.41) is 17.5. The lowest BCUT2D eigenvalue weighted by atomic mass is 10.0. The normalized spacial score (nSPS) is 14.4. The van der Waals surface area contributed by atoms with Crippen molar-refractivity contribution in [3.63, 3.8) is 0 Å². The summed E-state index contributed by atoms with van der Waals surface area (Å²) in [5.74, 6) is -1.18. The van der Waals surface area contributed by atoms with E-state index in [4.69, 9.17) is 10.4 Å². The molecule has 14 heavy (non-hydrogen) atoms. The van der Waals surface area contributed by atoms with Crippen molar-refractivity contribution >= 4 is 5.97 Å². The highest BCUT2D eigenvalue weighted by molar-refractivity contribution is 5.70. The Bertz CT molecular complexity index is 378. The monoisotopic (exact) mass is 193 g/mol. The fourth-order valence-corrected chi connectivity index (χ4v) is 1.18. The predicted octanol–water partition coefficient (Wildman–Crippen LogP) is 1.04. The summed E-state index contributed by atoms with van der Waals surface area (Å²) in [6.07, 6.45) is 3.10. The molecule has 1 heterocycles. The number of carbonyl (C=O) groups is 1. The van der Waals surface area contributed by atoms with E-state index in [0.29, 0.717) is 0 Å². The topological polar surface area (TPSA) is 78.9 Å². The third-order valence-electron chi connectivity index (χ3n) is 2.32. The van der Waals surface area contributed by atoms with Gasteiger partial charge in [-0.1, -0.05) is 0 Å². The van der Waals surface area contributed by atoms with Gasteiger partial charge in [-0.05, 0) is 13.8 Å². The van der Waals surface area contributed by atoms with Crippen LogP contribution in [0.4, 0.5) is 0 Å². The molecule has 1 N–H and O–H groups in total. The number of hydrogen-bond donors (Lipinski definition) is 1. The van der Waals surface area contributed by atoms with E-state index in [2.05, 4.69) is 4.98 Å². The highest BCUT2D eigenvalue weighted by atomic mass is 16.4. The van der Waals surface area contributed by atoms with Gasteiger partial charge < -0.3 is 9.67 Å². The highest BCUT2D eigenvalue weighted by Crippen LogP contribution is 2.18. The minimum atomic E-state index is -0.880. The number of nitriles is 1. The zero-order valence-corrected chi connectivity index (χ0v) is 8.01. The van der Waals surface area contributed by atoms with Crippen molar-refractivity contribution in [2.75, 3.05) is 0 Å². The zero-order valence-electron chi connectivity index (χ0n) is 8.01. The van der Waals surface area contributed by atoms with Crippen LogP contribution in [0, 0.1) is 17.2 Å². The number of aromatic nitrogens is 2. The Morgan fingerprint density at radius 1 is 1.71 bits per heavy atom. The van der Waals surface area contributed by atoms with Crippen molar-refractivity contribution in [3.05, 3.63) is 18.2 Å². The van der Waals surface area contributed by atoms with Crippen LogP contribution in [-0.4, -0.2) is 20.6 Å². The lowest BCUT2D eigenvalue weighted by Crippen LogP contribution is -2.22. The number of imidazole rings is 1. The van der Waals surface area contributed by atoms with E-state index in [-0.39, 0.29) is 11.9 Å². The van der Waals surface area contributed by atoms with Crippen molar-refractivity contribution in [2.24, 2.45) is 5.92 Å². The van der Waals surface area contributed by atoms with E-state index in [1.165, 1.54) is 6.20 Å². The Balaban J connectivity index is 2.95. The SMILES string of the molecule is CC(C(=O)O)C(C)n1ccnc1C#N. The molecule has 0 fully saturated rings. The van der Waals surface area contributed by atoms with Crippen molar-refractivity contribution in [1.82, 2.24) is 9.55 Å². The van der Waals surface area contributed by atoms with Gasteiger partial charge in [0.1, 0.15) is 6.07 Å². The molecule has 5 heteroatoms.